The number of hydrogen-bond donors (Lipinski definition) is 14. The average Bonchev–Trinajstić information content (AvgIpc) is 3.97. The lowest BCUT2D eigenvalue weighted by Crippen LogP contribution is -2.63. The number of carbonyl (C=O) groups excluding carboxylic acids is 6. The zero-order valence-corrected chi connectivity index (χ0v) is 46.8. The number of pyridine rings is 1. The third-order valence-corrected chi connectivity index (χ3v) is 16.3. The minimum atomic E-state index is -1.82. The summed E-state index contributed by atoms with van der Waals surface area (Å²) in [7, 11) is 2.15. The van der Waals surface area contributed by atoms with Gasteiger partial charge in [-0.25, -0.2) is 4.98 Å². The maximum absolute atomic E-state index is 15.1. The zero-order valence-electron chi connectivity index (χ0n) is 45.1. The zero-order chi connectivity index (χ0) is 57.8. The number of aromatic amines is 1. The Hall–Kier alpha value is -7.09. The van der Waals surface area contributed by atoms with Crippen LogP contribution in [0.2, 0.25) is 0 Å². The van der Waals surface area contributed by atoms with Crippen LogP contribution in [0.4, 0.5) is 5.82 Å². The molecule has 0 aliphatic carbocycles. The van der Waals surface area contributed by atoms with Crippen molar-refractivity contribution >= 4 is 84.7 Å². The predicted octanol–water partition coefficient (Wildman–Crippen LogP) is 1.69. The molecule has 15 N–H and O–H groups in total. The molecule has 23 heteroatoms. The molecule has 4 aromatic carbocycles. The van der Waals surface area contributed by atoms with Crippen LogP contribution in [0.5, 0.6) is 0 Å². The smallest absolute Gasteiger partial charge is 0.244 e. The summed E-state index contributed by atoms with van der Waals surface area (Å²) in [6, 6.07) is 26.5. The van der Waals surface area contributed by atoms with Crippen LogP contribution in [0.1, 0.15) is 49.8 Å². The number of rotatable bonds is 19. The molecular formula is C58H73N11O10S2. The van der Waals surface area contributed by atoms with Gasteiger partial charge in [-0.3, -0.25) is 34.1 Å². The van der Waals surface area contributed by atoms with E-state index in [4.69, 9.17) is 10.7 Å². The number of carbonyl (C=O) groups is 6. The van der Waals surface area contributed by atoms with E-state index in [9.17, 15) is 39.6 Å². The van der Waals surface area contributed by atoms with Crippen LogP contribution in [0.25, 0.3) is 21.8 Å². The Morgan fingerprint density at radius 1 is 0.728 bits per heavy atom. The maximum Gasteiger partial charge on any atom is 0.244 e. The second-order valence-electron chi connectivity index (χ2n) is 20.1. The maximum atomic E-state index is 15.1. The number of nitrogens with one attached hydrogen (secondary N) is 9. The molecule has 21 nitrogen and oxygen atoms in total. The fraction of sp³-hybridized carbons (Fsp3) is 0.397. The number of aromatic nitrogens is 2. The normalized spacial score (nSPS) is 22.4. The largest absolute Gasteiger partial charge is 0.394 e. The molecule has 1 fully saturated rings. The predicted molar refractivity (Wildman–Crippen MR) is 314 cm³/mol. The van der Waals surface area contributed by atoms with Gasteiger partial charge in [-0.15, -0.1) is 0 Å². The number of nitrogens with two attached hydrogens (primary N) is 1. The summed E-state index contributed by atoms with van der Waals surface area (Å²) in [5.74, 6) is -4.34. The third kappa shape index (κ3) is 18.0. The van der Waals surface area contributed by atoms with Gasteiger partial charge in [0.1, 0.15) is 42.3 Å². The molecule has 2 aromatic heterocycles. The number of fused-ring (bicyclic) bond motifs is 2. The molecule has 7 rings (SSSR count). The van der Waals surface area contributed by atoms with Gasteiger partial charge in [0.25, 0.3) is 0 Å². The van der Waals surface area contributed by atoms with Crippen LogP contribution in [-0.2, 0) is 48.0 Å². The molecule has 0 radical (unpaired) electrons. The molecule has 432 valence electrons. The summed E-state index contributed by atoms with van der Waals surface area (Å²) in [5, 5.41) is 67.8. The first-order valence-corrected chi connectivity index (χ1v) is 29.5. The minimum absolute atomic E-state index is 0.0504. The van der Waals surface area contributed by atoms with E-state index in [1.807, 2.05) is 84.9 Å². The molecule has 0 spiro atoms. The minimum Gasteiger partial charge on any atom is -0.394 e. The number of anilines is 1. The van der Waals surface area contributed by atoms with Crippen LogP contribution in [0, 0.1) is 0 Å². The Bertz CT molecular complexity index is 3030. The van der Waals surface area contributed by atoms with E-state index in [-0.39, 0.29) is 43.7 Å². The number of hydrogen-bond acceptors (Lipinski definition) is 16. The first-order valence-electron chi connectivity index (χ1n) is 27.0. The highest BCUT2D eigenvalue weighted by Gasteiger charge is 2.37. The summed E-state index contributed by atoms with van der Waals surface area (Å²) in [6.45, 7) is 2.34. The quantitative estimate of drug-likeness (QED) is 0.0405. The first kappa shape index (κ1) is 61.5. The fourth-order valence-corrected chi connectivity index (χ4v) is 11.6. The summed E-state index contributed by atoms with van der Waals surface area (Å²) >= 11 is 0. The van der Waals surface area contributed by atoms with E-state index >= 15 is 9.59 Å². The second kappa shape index (κ2) is 30.6. The van der Waals surface area contributed by atoms with Gasteiger partial charge in [0.2, 0.25) is 35.4 Å². The van der Waals surface area contributed by atoms with Crippen molar-refractivity contribution in [1.82, 2.24) is 47.2 Å². The lowest BCUT2D eigenvalue weighted by Gasteiger charge is -2.32. The summed E-state index contributed by atoms with van der Waals surface area (Å²) in [6.07, 6.45) is -1.79. The number of nitrogens with zero attached hydrogens (tertiary/aromatic N) is 1. The molecule has 6 aromatic rings. The fourth-order valence-electron chi connectivity index (χ4n) is 9.28. The topological polar surface area (TPSA) is 334 Å². The van der Waals surface area contributed by atoms with Crippen molar-refractivity contribution in [2.45, 2.75) is 119 Å². The van der Waals surface area contributed by atoms with Gasteiger partial charge in [-0.2, -0.15) is 0 Å². The molecular weight excluding hydrogens is 1070 g/mol. The SMILES string of the molecule is CC(O)C(CO)NC(=O)[C@@H]1CSSC[C@H](NC(=O)[C@@H](Cc2ccccc2)Nc2ccc3ccccc3n2)C(=O)N[C@@H](Cc2ccccc2)C(=O)N[C@H](Cc2c[nH]c3ccccc23)C(=O)N[C@@H](CCCCN)C(=O)N[C@@H]([C@@H](C)O)C(O)N1. The molecule has 81 heavy (non-hydrogen) atoms. The van der Waals surface area contributed by atoms with Gasteiger partial charge in [0.05, 0.1) is 42.5 Å². The molecule has 0 saturated carbocycles. The van der Waals surface area contributed by atoms with Gasteiger partial charge in [-0.05, 0) is 80.6 Å². The van der Waals surface area contributed by atoms with E-state index in [2.05, 4.69) is 47.5 Å². The number of amides is 6. The summed E-state index contributed by atoms with van der Waals surface area (Å²) < 4.78 is 0. The monoisotopic (exact) mass is 1150 g/mol. The Balaban J connectivity index is 1.28. The van der Waals surface area contributed by atoms with E-state index in [0.717, 1.165) is 43.4 Å². The van der Waals surface area contributed by atoms with Crippen LogP contribution >= 0.6 is 21.6 Å². The van der Waals surface area contributed by atoms with E-state index in [1.165, 1.54) is 13.8 Å². The van der Waals surface area contributed by atoms with Crippen molar-refractivity contribution in [3.63, 3.8) is 0 Å². The van der Waals surface area contributed by atoms with E-state index < -0.39 is 109 Å². The number of aliphatic hydroxyl groups is 4. The summed E-state index contributed by atoms with van der Waals surface area (Å²) in [4.78, 5) is 96.2. The molecule has 1 saturated heterocycles. The second-order valence-corrected chi connectivity index (χ2v) is 22.7. The number of benzene rings is 4. The Morgan fingerprint density at radius 2 is 1.36 bits per heavy atom. The Kier molecular flexibility index (Phi) is 23.3. The van der Waals surface area contributed by atoms with Gasteiger partial charge < -0.3 is 68.4 Å². The third-order valence-electron chi connectivity index (χ3n) is 13.9. The van der Waals surface area contributed by atoms with Crippen LogP contribution in [0.15, 0.2) is 128 Å². The Labute approximate surface area is 478 Å². The molecule has 1 aliphatic heterocycles. The average molecular weight is 1150 g/mol. The number of para-hydroxylation sites is 2. The number of unbranched alkanes of at least 4 members (excludes halogenated alkanes) is 1. The first-order chi connectivity index (χ1) is 39.1. The van der Waals surface area contributed by atoms with Crippen molar-refractivity contribution in [1.29, 1.82) is 0 Å². The lowest BCUT2D eigenvalue weighted by atomic mass is 10.0. The highest BCUT2D eigenvalue weighted by atomic mass is 33.1. The van der Waals surface area contributed by atoms with Crippen molar-refractivity contribution < 1.29 is 49.2 Å². The highest BCUT2D eigenvalue weighted by Crippen LogP contribution is 2.25. The van der Waals surface area contributed by atoms with Gasteiger partial charge in [0, 0.05) is 53.3 Å². The van der Waals surface area contributed by atoms with Crippen LogP contribution in [-0.4, -0.2) is 157 Å². The van der Waals surface area contributed by atoms with Gasteiger partial charge in [-0.1, -0.05) is 119 Å². The van der Waals surface area contributed by atoms with E-state index in [0.29, 0.717) is 35.3 Å². The molecule has 3 heterocycles. The van der Waals surface area contributed by atoms with Crippen molar-refractivity contribution in [3.8, 4) is 0 Å². The van der Waals surface area contributed by atoms with Crippen LogP contribution in [0.3, 0.4) is 0 Å². The standard InChI is InChI=1S/C58H73N11O10S2/c1-34(71)47(31-70)66-57(78)49-33-81-80-32-48(67-53(74)44(27-36-15-5-3-6-16-36)62-50-25-24-38-19-9-11-21-41(38)61-50)56(77)64-45(28-37-17-7-4-8-18-37)54(75)65-46(29-39-30-60-42-22-12-10-20-40(39)42)55(76)63-43(23-13-14-26-59)52(73)69-51(35(2)72)58(79)68-49/h3-12,15-22,24-25,30,34-35,43-49,51,58,60,68,70-72,79H,13-14,23,26-29,31-33,59H2,1-2H3,(H,61,62)(H,63,76)(H,64,77)(H,65,75)(H,66,78)(H,67,74)(H,69,73)/t34?,35-,43+,44-,45+,46-,47?,48+,49+,51+,58?/m1/s1. The van der Waals surface area contributed by atoms with Crippen molar-refractivity contribution in [2.75, 3.05) is 30.0 Å². The molecule has 1 aliphatic rings. The number of aliphatic hydroxyl groups excluding tert-OH is 4. The van der Waals surface area contributed by atoms with Crippen molar-refractivity contribution in [3.05, 3.63) is 144 Å². The molecule has 11 atom stereocenters. The van der Waals surface area contributed by atoms with Gasteiger partial charge in [0.15, 0.2) is 0 Å². The molecule has 3 unspecified atom stereocenters. The molecule has 6 amide bonds. The Morgan fingerprint density at radius 3 is 2.06 bits per heavy atom. The lowest BCUT2D eigenvalue weighted by molar-refractivity contribution is -0.135. The molecule has 0 bridgehead atoms. The van der Waals surface area contributed by atoms with E-state index in [1.54, 1.807) is 42.6 Å². The highest BCUT2D eigenvalue weighted by molar-refractivity contribution is 8.76. The number of H-pyrrole nitrogens is 1. The van der Waals surface area contributed by atoms with Crippen LogP contribution < -0.4 is 48.3 Å². The van der Waals surface area contributed by atoms with Crippen molar-refractivity contribution in [2.24, 2.45) is 5.73 Å². The summed E-state index contributed by atoms with van der Waals surface area (Å²) in [5.41, 5.74) is 9.42. The van der Waals surface area contributed by atoms with Gasteiger partial charge >= 0.3 is 0 Å².